The number of amides is 1. The van der Waals surface area contributed by atoms with Gasteiger partial charge in [-0.25, -0.2) is 0 Å². The van der Waals surface area contributed by atoms with Gasteiger partial charge in [-0.05, 0) is 31.2 Å². The molecular weight excluding hydrogens is 433 g/mol. The SMILES string of the molecule is CCn1c(SCC(=O)NNc2c(Cl)cc(Cl)cc2Cl)nnc1-c1ccco1. The van der Waals surface area contributed by atoms with Gasteiger partial charge >= 0.3 is 0 Å². The van der Waals surface area contributed by atoms with E-state index in [1.54, 1.807) is 18.4 Å². The third kappa shape index (κ3) is 4.70. The van der Waals surface area contributed by atoms with Crippen LogP contribution in [0.25, 0.3) is 11.6 Å². The van der Waals surface area contributed by atoms with Gasteiger partial charge in [0.1, 0.15) is 0 Å². The zero-order valence-electron chi connectivity index (χ0n) is 14.0. The van der Waals surface area contributed by atoms with E-state index in [0.29, 0.717) is 44.0 Å². The lowest BCUT2D eigenvalue weighted by molar-refractivity contribution is -0.118. The molecule has 1 aromatic carbocycles. The number of carbonyl (C=O) groups excluding carboxylic acids is 1. The highest BCUT2D eigenvalue weighted by Crippen LogP contribution is 2.33. The number of nitrogens with one attached hydrogen (secondary N) is 2. The monoisotopic (exact) mass is 445 g/mol. The molecule has 0 atom stereocenters. The topological polar surface area (TPSA) is 85.0 Å². The van der Waals surface area contributed by atoms with Crippen molar-refractivity contribution in [2.75, 3.05) is 11.2 Å². The maximum Gasteiger partial charge on any atom is 0.248 e. The van der Waals surface area contributed by atoms with Gasteiger partial charge in [-0.2, -0.15) is 0 Å². The Bertz CT molecular complexity index is 923. The lowest BCUT2D eigenvalue weighted by Gasteiger charge is -2.12. The molecule has 2 aromatic heterocycles. The molecule has 3 aromatic rings. The minimum absolute atomic E-state index is 0.117. The molecular formula is C16H14Cl3N5O2S. The molecule has 2 heterocycles. The first-order valence-corrected chi connectivity index (χ1v) is 9.90. The van der Waals surface area contributed by atoms with Gasteiger partial charge in [-0.3, -0.25) is 20.2 Å². The van der Waals surface area contributed by atoms with E-state index >= 15 is 0 Å². The third-order valence-corrected chi connectivity index (χ3v) is 5.22. The van der Waals surface area contributed by atoms with Crippen molar-refractivity contribution >= 4 is 58.2 Å². The van der Waals surface area contributed by atoms with Crippen molar-refractivity contribution in [2.24, 2.45) is 0 Å². The van der Waals surface area contributed by atoms with E-state index in [4.69, 9.17) is 39.2 Å². The van der Waals surface area contributed by atoms with Crippen molar-refractivity contribution in [1.29, 1.82) is 0 Å². The average molecular weight is 447 g/mol. The Balaban J connectivity index is 1.60. The second-order valence-electron chi connectivity index (χ2n) is 5.23. The Morgan fingerprint density at radius 1 is 1.26 bits per heavy atom. The van der Waals surface area contributed by atoms with Crippen molar-refractivity contribution in [1.82, 2.24) is 20.2 Å². The van der Waals surface area contributed by atoms with Crippen LogP contribution in [0.4, 0.5) is 5.69 Å². The number of hydrogen-bond donors (Lipinski definition) is 2. The summed E-state index contributed by atoms with van der Waals surface area (Å²) in [5.74, 6) is 1.07. The zero-order valence-corrected chi connectivity index (χ0v) is 17.1. The highest BCUT2D eigenvalue weighted by molar-refractivity contribution is 7.99. The Kier molecular flexibility index (Phi) is 6.54. The van der Waals surface area contributed by atoms with Crippen LogP contribution < -0.4 is 10.9 Å². The first-order valence-electron chi connectivity index (χ1n) is 7.79. The number of halogens is 3. The predicted molar refractivity (Wildman–Crippen MR) is 107 cm³/mol. The van der Waals surface area contributed by atoms with Crippen LogP contribution in [0, 0.1) is 0 Å². The Labute approximate surface area is 174 Å². The first kappa shape index (κ1) is 19.9. The van der Waals surface area contributed by atoms with E-state index < -0.39 is 0 Å². The molecule has 0 aliphatic rings. The molecule has 1 amide bonds. The average Bonchev–Trinajstić information content (AvgIpc) is 3.27. The summed E-state index contributed by atoms with van der Waals surface area (Å²) in [7, 11) is 0. The molecule has 27 heavy (non-hydrogen) atoms. The van der Waals surface area contributed by atoms with Crippen LogP contribution in [-0.4, -0.2) is 26.4 Å². The molecule has 0 saturated heterocycles. The number of anilines is 1. The number of thioether (sulfide) groups is 1. The molecule has 0 radical (unpaired) electrons. The van der Waals surface area contributed by atoms with Gasteiger partial charge in [0.15, 0.2) is 16.7 Å². The van der Waals surface area contributed by atoms with Crippen LogP contribution in [0.2, 0.25) is 15.1 Å². The van der Waals surface area contributed by atoms with Gasteiger partial charge < -0.3 is 4.42 Å². The molecule has 11 heteroatoms. The van der Waals surface area contributed by atoms with E-state index in [2.05, 4.69) is 21.0 Å². The maximum absolute atomic E-state index is 12.1. The van der Waals surface area contributed by atoms with Crippen molar-refractivity contribution in [2.45, 2.75) is 18.6 Å². The predicted octanol–water partition coefficient (Wildman–Crippen LogP) is 4.75. The maximum atomic E-state index is 12.1. The van der Waals surface area contributed by atoms with Gasteiger partial charge in [0.2, 0.25) is 5.91 Å². The number of carbonyl (C=O) groups is 1. The third-order valence-electron chi connectivity index (χ3n) is 3.44. The van der Waals surface area contributed by atoms with E-state index in [0.717, 1.165) is 0 Å². The van der Waals surface area contributed by atoms with Gasteiger partial charge in [0.05, 0.1) is 27.7 Å². The number of benzene rings is 1. The number of rotatable bonds is 7. The van der Waals surface area contributed by atoms with Crippen LogP contribution >= 0.6 is 46.6 Å². The highest BCUT2D eigenvalue weighted by Gasteiger charge is 2.16. The molecule has 2 N–H and O–H groups in total. The summed E-state index contributed by atoms with van der Waals surface area (Å²) >= 11 is 19.2. The summed E-state index contributed by atoms with van der Waals surface area (Å²) in [6, 6.07) is 6.64. The molecule has 7 nitrogen and oxygen atoms in total. The lowest BCUT2D eigenvalue weighted by Crippen LogP contribution is -2.31. The number of aromatic nitrogens is 3. The summed E-state index contributed by atoms with van der Waals surface area (Å²) in [4.78, 5) is 12.1. The van der Waals surface area contributed by atoms with Crippen LogP contribution in [0.1, 0.15) is 6.92 Å². The second kappa shape index (κ2) is 8.88. The van der Waals surface area contributed by atoms with Crippen molar-refractivity contribution in [3.8, 4) is 11.6 Å². The van der Waals surface area contributed by atoms with E-state index in [1.165, 1.54) is 23.9 Å². The zero-order chi connectivity index (χ0) is 19.4. The highest BCUT2D eigenvalue weighted by atomic mass is 35.5. The Morgan fingerprint density at radius 3 is 2.63 bits per heavy atom. The van der Waals surface area contributed by atoms with Crippen LogP contribution in [-0.2, 0) is 11.3 Å². The number of nitrogens with zero attached hydrogens (tertiary/aromatic N) is 3. The minimum Gasteiger partial charge on any atom is -0.461 e. The summed E-state index contributed by atoms with van der Waals surface area (Å²) < 4.78 is 7.24. The van der Waals surface area contributed by atoms with Crippen molar-refractivity contribution in [3.63, 3.8) is 0 Å². The molecule has 0 saturated carbocycles. The number of hydrazine groups is 1. The van der Waals surface area contributed by atoms with E-state index in [-0.39, 0.29) is 11.7 Å². The van der Waals surface area contributed by atoms with Crippen LogP contribution in [0.3, 0.4) is 0 Å². The normalized spacial score (nSPS) is 10.8. The number of furan rings is 1. The second-order valence-corrected chi connectivity index (χ2v) is 7.43. The molecule has 0 spiro atoms. The largest absolute Gasteiger partial charge is 0.461 e. The molecule has 0 bridgehead atoms. The van der Waals surface area contributed by atoms with Gasteiger partial charge in [0, 0.05) is 11.6 Å². The minimum atomic E-state index is -0.285. The van der Waals surface area contributed by atoms with E-state index in [1.807, 2.05) is 11.5 Å². The van der Waals surface area contributed by atoms with Crippen molar-refractivity contribution in [3.05, 3.63) is 45.6 Å². The summed E-state index contributed by atoms with van der Waals surface area (Å²) in [5, 5.41) is 9.89. The van der Waals surface area contributed by atoms with Crippen LogP contribution in [0.5, 0.6) is 0 Å². The molecule has 0 fully saturated rings. The molecule has 142 valence electrons. The Hall–Kier alpha value is -1.87. The number of hydrogen-bond acceptors (Lipinski definition) is 6. The Morgan fingerprint density at radius 2 is 2.00 bits per heavy atom. The molecule has 0 aliphatic heterocycles. The summed E-state index contributed by atoms with van der Waals surface area (Å²) in [6.45, 7) is 2.60. The standard InChI is InChI=1S/C16H14Cl3N5O2S/c1-2-24-15(12-4-3-5-26-12)22-23-16(24)27-8-13(25)20-21-14-10(18)6-9(17)7-11(14)19/h3-7,21H,2,8H2,1H3,(H,20,25). The van der Waals surface area contributed by atoms with E-state index in [9.17, 15) is 4.79 Å². The summed E-state index contributed by atoms with van der Waals surface area (Å²) in [5.41, 5.74) is 5.62. The van der Waals surface area contributed by atoms with Gasteiger partial charge in [-0.15, -0.1) is 10.2 Å². The molecule has 0 aliphatic carbocycles. The molecule has 3 rings (SSSR count). The fourth-order valence-corrected chi connectivity index (χ4v) is 3.94. The fourth-order valence-electron chi connectivity index (χ4n) is 2.23. The van der Waals surface area contributed by atoms with Gasteiger partial charge in [-0.1, -0.05) is 46.6 Å². The quantitative estimate of drug-likeness (QED) is 0.402. The fraction of sp³-hybridized carbons (Fsp3) is 0.188. The van der Waals surface area contributed by atoms with Crippen molar-refractivity contribution < 1.29 is 9.21 Å². The summed E-state index contributed by atoms with van der Waals surface area (Å²) in [6.07, 6.45) is 1.57. The first-order chi connectivity index (χ1) is 13.0. The smallest absolute Gasteiger partial charge is 0.248 e. The van der Waals surface area contributed by atoms with Gasteiger partial charge in [0.25, 0.3) is 0 Å². The molecule has 0 unspecified atom stereocenters. The van der Waals surface area contributed by atoms with Crippen LogP contribution in [0.15, 0.2) is 40.1 Å². The lowest BCUT2D eigenvalue weighted by atomic mass is 10.3.